The van der Waals surface area contributed by atoms with E-state index in [0.717, 1.165) is 12.0 Å². The molecule has 1 aromatic heterocycles. The third-order valence-electron chi connectivity index (χ3n) is 4.10. The summed E-state index contributed by atoms with van der Waals surface area (Å²) >= 11 is 0. The second-order valence-electron chi connectivity index (χ2n) is 5.72. The SMILES string of the molecule is O=C(N[C@@H](Cn1ccccc1=O)c1ccccc1)[C@@H]1CCOC1. The van der Waals surface area contributed by atoms with Gasteiger partial charge in [0, 0.05) is 18.9 Å². The van der Waals surface area contributed by atoms with E-state index in [1.165, 1.54) is 6.07 Å². The van der Waals surface area contributed by atoms with Crippen molar-refractivity contribution in [1.29, 1.82) is 0 Å². The number of ether oxygens (including phenoxy) is 1. The van der Waals surface area contributed by atoms with Crippen LogP contribution < -0.4 is 10.9 Å². The molecule has 0 radical (unpaired) electrons. The van der Waals surface area contributed by atoms with Crippen LogP contribution in [0.1, 0.15) is 18.0 Å². The van der Waals surface area contributed by atoms with Gasteiger partial charge in [0.1, 0.15) is 0 Å². The first-order valence-electron chi connectivity index (χ1n) is 7.82. The van der Waals surface area contributed by atoms with Gasteiger partial charge >= 0.3 is 0 Å². The van der Waals surface area contributed by atoms with Crippen LogP contribution in [0.15, 0.2) is 59.5 Å². The van der Waals surface area contributed by atoms with E-state index in [4.69, 9.17) is 4.74 Å². The Balaban J connectivity index is 1.80. The molecule has 23 heavy (non-hydrogen) atoms. The highest BCUT2D eigenvalue weighted by Crippen LogP contribution is 2.18. The maximum atomic E-state index is 12.4. The molecule has 1 N–H and O–H groups in total. The number of hydrogen-bond donors (Lipinski definition) is 1. The largest absolute Gasteiger partial charge is 0.381 e. The van der Waals surface area contributed by atoms with Gasteiger partial charge in [0.25, 0.3) is 5.56 Å². The summed E-state index contributed by atoms with van der Waals surface area (Å²) in [5.74, 6) is -0.117. The highest BCUT2D eigenvalue weighted by atomic mass is 16.5. The van der Waals surface area contributed by atoms with E-state index in [-0.39, 0.29) is 23.4 Å². The first-order valence-corrected chi connectivity index (χ1v) is 7.82. The molecule has 3 rings (SSSR count). The molecule has 0 unspecified atom stereocenters. The van der Waals surface area contributed by atoms with E-state index in [9.17, 15) is 9.59 Å². The maximum Gasteiger partial charge on any atom is 0.250 e. The normalized spacial score (nSPS) is 18.5. The predicted octanol–water partition coefficient (Wildman–Crippen LogP) is 1.74. The lowest BCUT2D eigenvalue weighted by Gasteiger charge is -2.22. The molecule has 1 aliphatic heterocycles. The van der Waals surface area contributed by atoms with Gasteiger partial charge in [-0.3, -0.25) is 9.59 Å². The molecule has 5 heteroatoms. The molecule has 0 bridgehead atoms. The van der Waals surface area contributed by atoms with Crippen LogP contribution >= 0.6 is 0 Å². The third-order valence-corrected chi connectivity index (χ3v) is 4.10. The van der Waals surface area contributed by atoms with E-state index in [1.54, 1.807) is 16.8 Å². The summed E-state index contributed by atoms with van der Waals surface area (Å²) in [6.45, 7) is 1.51. The lowest BCUT2D eigenvalue weighted by Crippen LogP contribution is -2.37. The average molecular weight is 312 g/mol. The van der Waals surface area contributed by atoms with Crippen LogP contribution in [0.5, 0.6) is 0 Å². The van der Waals surface area contributed by atoms with Crippen molar-refractivity contribution in [2.24, 2.45) is 5.92 Å². The predicted molar refractivity (Wildman–Crippen MR) is 87.0 cm³/mol. The van der Waals surface area contributed by atoms with Gasteiger partial charge in [-0.05, 0) is 18.1 Å². The molecule has 5 nitrogen and oxygen atoms in total. The van der Waals surface area contributed by atoms with Crippen molar-refractivity contribution in [1.82, 2.24) is 9.88 Å². The van der Waals surface area contributed by atoms with Crippen molar-refractivity contribution in [3.8, 4) is 0 Å². The zero-order chi connectivity index (χ0) is 16.1. The molecule has 2 atom stereocenters. The third kappa shape index (κ3) is 3.87. The minimum atomic E-state index is -0.246. The van der Waals surface area contributed by atoms with Crippen molar-refractivity contribution in [2.45, 2.75) is 19.0 Å². The standard InChI is InChI=1S/C18H20N2O3/c21-17-8-4-5-10-20(17)12-16(14-6-2-1-3-7-14)19-18(22)15-9-11-23-13-15/h1-8,10,15-16H,9,11-13H2,(H,19,22)/t15-,16+/m1/s1. The number of nitrogens with zero attached hydrogens (tertiary/aromatic N) is 1. The monoisotopic (exact) mass is 312 g/mol. The number of hydrogen-bond acceptors (Lipinski definition) is 3. The fourth-order valence-electron chi connectivity index (χ4n) is 2.76. The second-order valence-corrected chi connectivity index (χ2v) is 5.72. The summed E-state index contributed by atoms with van der Waals surface area (Å²) in [6.07, 6.45) is 2.49. The molecule has 0 spiro atoms. The van der Waals surface area contributed by atoms with Crippen LogP contribution in [0.2, 0.25) is 0 Å². The Morgan fingerprint density at radius 3 is 2.70 bits per heavy atom. The Hall–Kier alpha value is -2.40. The Labute approximate surface area is 134 Å². The minimum Gasteiger partial charge on any atom is -0.381 e. The van der Waals surface area contributed by atoms with E-state index in [0.29, 0.717) is 19.8 Å². The fraction of sp³-hybridized carbons (Fsp3) is 0.333. The van der Waals surface area contributed by atoms with Crippen LogP contribution in [-0.2, 0) is 16.1 Å². The zero-order valence-electron chi connectivity index (χ0n) is 12.9. The first-order chi connectivity index (χ1) is 11.2. The smallest absolute Gasteiger partial charge is 0.250 e. The van der Waals surface area contributed by atoms with Crippen LogP contribution in [0, 0.1) is 5.92 Å². The van der Waals surface area contributed by atoms with Crippen molar-refractivity contribution in [3.63, 3.8) is 0 Å². The molecule has 1 aliphatic rings. The van der Waals surface area contributed by atoms with Gasteiger partial charge < -0.3 is 14.6 Å². The zero-order valence-corrected chi connectivity index (χ0v) is 12.9. The lowest BCUT2D eigenvalue weighted by atomic mass is 10.0. The molecule has 2 aromatic rings. The number of aromatic nitrogens is 1. The Morgan fingerprint density at radius 2 is 2.00 bits per heavy atom. The van der Waals surface area contributed by atoms with Crippen molar-refractivity contribution in [2.75, 3.05) is 13.2 Å². The highest BCUT2D eigenvalue weighted by molar-refractivity contribution is 5.79. The Kier molecular flexibility index (Phi) is 4.88. The van der Waals surface area contributed by atoms with Gasteiger partial charge in [-0.2, -0.15) is 0 Å². The van der Waals surface area contributed by atoms with Crippen LogP contribution in [-0.4, -0.2) is 23.7 Å². The summed E-state index contributed by atoms with van der Waals surface area (Å²) in [7, 11) is 0. The average Bonchev–Trinajstić information content (AvgIpc) is 3.11. The van der Waals surface area contributed by atoms with E-state index >= 15 is 0 Å². The summed E-state index contributed by atoms with van der Waals surface area (Å²) in [5, 5.41) is 3.07. The number of pyridine rings is 1. The van der Waals surface area contributed by atoms with Crippen molar-refractivity contribution in [3.05, 3.63) is 70.6 Å². The molecular weight excluding hydrogens is 292 g/mol. The minimum absolute atomic E-state index is 0.0136. The quantitative estimate of drug-likeness (QED) is 0.915. The molecule has 1 aromatic carbocycles. The van der Waals surface area contributed by atoms with Crippen LogP contribution in [0.3, 0.4) is 0 Å². The number of carbonyl (C=O) groups is 1. The number of amides is 1. The van der Waals surface area contributed by atoms with E-state index in [2.05, 4.69) is 5.32 Å². The molecule has 1 fully saturated rings. The molecule has 0 saturated carbocycles. The van der Waals surface area contributed by atoms with Crippen molar-refractivity contribution >= 4 is 5.91 Å². The molecular formula is C18H20N2O3. The number of carbonyl (C=O) groups excluding carboxylic acids is 1. The van der Waals surface area contributed by atoms with Gasteiger partial charge in [0.2, 0.25) is 5.91 Å². The molecule has 1 amide bonds. The lowest BCUT2D eigenvalue weighted by molar-refractivity contribution is -0.125. The van der Waals surface area contributed by atoms with Gasteiger partial charge in [0.15, 0.2) is 0 Å². The number of benzene rings is 1. The second kappa shape index (κ2) is 7.24. The van der Waals surface area contributed by atoms with Gasteiger partial charge in [-0.25, -0.2) is 0 Å². The van der Waals surface area contributed by atoms with E-state index in [1.807, 2.05) is 36.4 Å². The van der Waals surface area contributed by atoms with Crippen LogP contribution in [0.25, 0.3) is 0 Å². The summed E-state index contributed by atoms with van der Waals surface area (Å²) < 4.78 is 6.90. The first kappa shape index (κ1) is 15.5. The van der Waals surface area contributed by atoms with Gasteiger partial charge in [-0.15, -0.1) is 0 Å². The molecule has 1 saturated heterocycles. The Bertz CT molecular complexity index is 705. The maximum absolute atomic E-state index is 12.4. The highest BCUT2D eigenvalue weighted by Gasteiger charge is 2.26. The summed E-state index contributed by atoms with van der Waals surface area (Å²) in [5.41, 5.74) is 0.905. The summed E-state index contributed by atoms with van der Waals surface area (Å²) in [6, 6.07) is 14.5. The van der Waals surface area contributed by atoms with Gasteiger partial charge in [-0.1, -0.05) is 36.4 Å². The van der Waals surface area contributed by atoms with Crippen molar-refractivity contribution < 1.29 is 9.53 Å². The van der Waals surface area contributed by atoms with Crippen LogP contribution in [0.4, 0.5) is 0 Å². The summed E-state index contributed by atoms with van der Waals surface area (Å²) in [4.78, 5) is 24.4. The molecule has 2 heterocycles. The molecule has 0 aliphatic carbocycles. The topological polar surface area (TPSA) is 60.3 Å². The fourth-order valence-corrected chi connectivity index (χ4v) is 2.76. The Morgan fingerprint density at radius 1 is 1.22 bits per heavy atom. The molecule has 120 valence electrons. The number of nitrogens with one attached hydrogen (secondary N) is 1. The van der Waals surface area contributed by atoms with Gasteiger partial charge in [0.05, 0.1) is 25.1 Å². The van der Waals surface area contributed by atoms with E-state index < -0.39 is 0 Å². The number of rotatable bonds is 5.